The molecule has 0 spiro atoms. The normalized spacial score (nSPS) is 10.5. The van der Waals surface area contributed by atoms with Crippen molar-refractivity contribution in [1.29, 1.82) is 5.26 Å². The Bertz CT molecular complexity index is 444. The number of rotatable bonds is 2. The number of nitriles is 1. The summed E-state index contributed by atoms with van der Waals surface area (Å²) in [5.41, 5.74) is 0.621. The molecule has 0 bridgehead atoms. The van der Waals surface area contributed by atoms with Gasteiger partial charge in [0.05, 0.1) is 0 Å². The number of pyridine rings is 1. The number of carbonyl (C=O) groups is 1. The van der Waals surface area contributed by atoms with Crippen LogP contribution in [0.15, 0.2) is 18.3 Å². The van der Waals surface area contributed by atoms with Crippen molar-refractivity contribution in [2.75, 3.05) is 0 Å². The monoisotopic (exact) mass is 233 g/mol. The fourth-order valence-electron chi connectivity index (χ4n) is 1.13. The zero-order chi connectivity index (χ0) is 12.9. The molecule has 1 amide bonds. The summed E-state index contributed by atoms with van der Waals surface area (Å²) in [7, 11) is 0. The molecule has 0 fully saturated rings. The summed E-state index contributed by atoms with van der Waals surface area (Å²) in [6.45, 7) is 5.71. The van der Waals surface area contributed by atoms with Crippen LogP contribution in [0.5, 0.6) is 0 Å². The largest absolute Gasteiger partial charge is 0.444 e. The van der Waals surface area contributed by atoms with E-state index in [0.717, 1.165) is 5.56 Å². The number of ether oxygens (including phenoxy) is 1. The van der Waals surface area contributed by atoms with Gasteiger partial charge in [-0.2, -0.15) is 5.26 Å². The van der Waals surface area contributed by atoms with Crippen molar-refractivity contribution in [3.05, 3.63) is 29.6 Å². The first-order valence-corrected chi connectivity index (χ1v) is 5.22. The van der Waals surface area contributed by atoms with Crippen LogP contribution in [0.25, 0.3) is 0 Å². The third-order valence-electron chi connectivity index (χ3n) is 1.77. The van der Waals surface area contributed by atoms with E-state index < -0.39 is 11.7 Å². The van der Waals surface area contributed by atoms with E-state index in [0.29, 0.717) is 12.2 Å². The maximum Gasteiger partial charge on any atom is 0.407 e. The molecular weight excluding hydrogens is 218 g/mol. The van der Waals surface area contributed by atoms with Crippen molar-refractivity contribution in [2.24, 2.45) is 0 Å². The third-order valence-corrected chi connectivity index (χ3v) is 1.77. The van der Waals surface area contributed by atoms with Gasteiger partial charge in [0.25, 0.3) is 0 Å². The van der Waals surface area contributed by atoms with Crippen LogP contribution in [-0.4, -0.2) is 16.7 Å². The maximum absolute atomic E-state index is 11.4. The Hall–Kier alpha value is -2.09. The average molecular weight is 233 g/mol. The summed E-state index contributed by atoms with van der Waals surface area (Å²) < 4.78 is 5.09. The lowest BCUT2D eigenvalue weighted by Gasteiger charge is -2.19. The highest BCUT2D eigenvalue weighted by Gasteiger charge is 2.15. The molecule has 5 heteroatoms. The summed E-state index contributed by atoms with van der Waals surface area (Å²) in [5.74, 6) is 0. The maximum atomic E-state index is 11.4. The van der Waals surface area contributed by atoms with E-state index in [1.807, 2.05) is 6.07 Å². The Balaban J connectivity index is 2.51. The second-order valence-electron chi connectivity index (χ2n) is 4.52. The number of hydrogen-bond acceptors (Lipinski definition) is 4. The summed E-state index contributed by atoms with van der Waals surface area (Å²) in [5, 5.41) is 11.3. The van der Waals surface area contributed by atoms with Crippen molar-refractivity contribution in [3.63, 3.8) is 0 Å². The number of aromatic nitrogens is 1. The quantitative estimate of drug-likeness (QED) is 0.847. The van der Waals surface area contributed by atoms with Crippen molar-refractivity contribution in [3.8, 4) is 6.07 Å². The van der Waals surface area contributed by atoms with Gasteiger partial charge in [-0.3, -0.25) is 0 Å². The van der Waals surface area contributed by atoms with Gasteiger partial charge in [-0.25, -0.2) is 9.78 Å². The predicted octanol–water partition coefficient (Wildman–Crippen LogP) is 1.98. The highest BCUT2D eigenvalue weighted by molar-refractivity contribution is 5.67. The fraction of sp³-hybridized carbons (Fsp3) is 0.417. The number of hydrogen-bond donors (Lipinski definition) is 1. The second-order valence-corrected chi connectivity index (χ2v) is 4.52. The summed E-state index contributed by atoms with van der Waals surface area (Å²) in [6, 6.07) is 5.29. The molecule has 0 aliphatic carbocycles. The minimum Gasteiger partial charge on any atom is -0.444 e. The van der Waals surface area contributed by atoms with Gasteiger partial charge in [0, 0.05) is 12.7 Å². The van der Waals surface area contributed by atoms with Gasteiger partial charge in [0.1, 0.15) is 17.4 Å². The molecule has 1 aromatic heterocycles. The van der Waals surface area contributed by atoms with Crippen molar-refractivity contribution in [1.82, 2.24) is 10.3 Å². The molecule has 1 heterocycles. The minimum atomic E-state index is -0.514. The molecule has 0 saturated carbocycles. The summed E-state index contributed by atoms with van der Waals surface area (Å²) in [4.78, 5) is 15.2. The first kappa shape index (κ1) is 13.0. The zero-order valence-electron chi connectivity index (χ0n) is 10.2. The van der Waals surface area contributed by atoms with Crippen LogP contribution in [0, 0.1) is 11.3 Å². The van der Waals surface area contributed by atoms with E-state index in [2.05, 4.69) is 10.3 Å². The molecule has 5 nitrogen and oxygen atoms in total. The Morgan fingerprint density at radius 1 is 1.59 bits per heavy atom. The molecule has 0 aliphatic rings. The van der Waals surface area contributed by atoms with Crippen LogP contribution in [0.2, 0.25) is 0 Å². The van der Waals surface area contributed by atoms with E-state index >= 15 is 0 Å². The van der Waals surface area contributed by atoms with E-state index in [1.54, 1.807) is 32.9 Å². The molecule has 90 valence electrons. The van der Waals surface area contributed by atoms with Crippen molar-refractivity contribution < 1.29 is 9.53 Å². The van der Waals surface area contributed by atoms with Gasteiger partial charge in [-0.15, -0.1) is 0 Å². The van der Waals surface area contributed by atoms with Crippen molar-refractivity contribution in [2.45, 2.75) is 32.9 Å². The first-order chi connectivity index (χ1) is 7.90. The lowest BCUT2D eigenvalue weighted by Crippen LogP contribution is -2.32. The zero-order valence-corrected chi connectivity index (χ0v) is 10.2. The van der Waals surface area contributed by atoms with E-state index in [4.69, 9.17) is 10.00 Å². The lowest BCUT2D eigenvalue weighted by molar-refractivity contribution is 0.0523. The third kappa shape index (κ3) is 4.98. The molecule has 0 aromatic carbocycles. The molecular formula is C12H15N3O2. The first-order valence-electron chi connectivity index (χ1n) is 5.22. The Kier molecular flexibility index (Phi) is 4.05. The van der Waals surface area contributed by atoms with Gasteiger partial charge >= 0.3 is 6.09 Å². The smallest absolute Gasteiger partial charge is 0.407 e. The Morgan fingerprint density at radius 2 is 2.29 bits per heavy atom. The Labute approximate surface area is 100 Å². The van der Waals surface area contributed by atoms with Crippen LogP contribution in [0.4, 0.5) is 4.79 Å². The number of amides is 1. The van der Waals surface area contributed by atoms with Crippen LogP contribution in [0.3, 0.4) is 0 Å². The predicted molar refractivity (Wildman–Crippen MR) is 62.0 cm³/mol. The summed E-state index contributed by atoms with van der Waals surface area (Å²) >= 11 is 0. The fourth-order valence-corrected chi connectivity index (χ4v) is 1.13. The van der Waals surface area contributed by atoms with E-state index in [1.165, 1.54) is 6.20 Å². The lowest BCUT2D eigenvalue weighted by atomic mass is 10.2. The molecule has 17 heavy (non-hydrogen) atoms. The van der Waals surface area contributed by atoms with Gasteiger partial charge in [0.15, 0.2) is 0 Å². The number of nitrogens with zero attached hydrogens (tertiary/aromatic N) is 2. The molecule has 0 aliphatic heterocycles. The highest BCUT2D eigenvalue weighted by atomic mass is 16.6. The average Bonchev–Trinajstić information content (AvgIpc) is 2.24. The molecule has 0 radical (unpaired) electrons. The van der Waals surface area contributed by atoms with Crippen molar-refractivity contribution >= 4 is 6.09 Å². The minimum absolute atomic E-state index is 0.312. The molecule has 0 atom stereocenters. The van der Waals surface area contributed by atoms with Crippen LogP contribution >= 0.6 is 0 Å². The Morgan fingerprint density at radius 3 is 2.88 bits per heavy atom. The second kappa shape index (κ2) is 5.30. The topological polar surface area (TPSA) is 75.0 Å². The molecule has 1 N–H and O–H groups in total. The van der Waals surface area contributed by atoms with Gasteiger partial charge in [0.2, 0.25) is 0 Å². The van der Waals surface area contributed by atoms with E-state index in [9.17, 15) is 4.79 Å². The van der Waals surface area contributed by atoms with Gasteiger partial charge < -0.3 is 10.1 Å². The number of carbonyl (C=O) groups excluding carboxylic acids is 1. The SMILES string of the molecule is CC(C)(C)OC(=O)NCc1ccnc(C#N)c1. The standard InChI is InChI=1S/C12H15N3O2/c1-12(2,3)17-11(16)15-8-9-4-5-14-10(6-9)7-13/h4-6H,8H2,1-3H3,(H,15,16). The molecule has 1 rings (SSSR count). The van der Waals surface area contributed by atoms with Crippen LogP contribution < -0.4 is 5.32 Å². The molecule has 1 aromatic rings. The molecule has 0 saturated heterocycles. The van der Waals surface area contributed by atoms with E-state index in [-0.39, 0.29) is 0 Å². The van der Waals surface area contributed by atoms with Gasteiger partial charge in [-0.05, 0) is 38.5 Å². The van der Waals surface area contributed by atoms with Crippen LogP contribution in [-0.2, 0) is 11.3 Å². The summed E-state index contributed by atoms with van der Waals surface area (Å²) in [6.07, 6.45) is 1.05. The number of nitrogens with one attached hydrogen (secondary N) is 1. The highest BCUT2D eigenvalue weighted by Crippen LogP contribution is 2.07. The van der Waals surface area contributed by atoms with Crippen LogP contribution in [0.1, 0.15) is 32.0 Å². The van der Waals surface area contributed by atoms with Gasteiger partial charge in [-0.1, -0.05) is 0 Å². The number of alkyl carbamates (subject to hydrolysis) is 1. The molecule has 0 unspecified atom stereocenters.